The van der Waals surface area contributed by atoms with E-state index >= 15 is 0 Å². The van der Waals surface area contributed by atoms with Gasteiger partial charge in [-0.2, -0.15) is 0 Å². The van der Waals surface area contributed by atoms with E-state index in [4.69, 9.17) is 0 Å². The van der Waals surface area contributed by atoms with Gasteiger partial charge in [0, 0.05) is 24.6 Å². The van der Waals surface area contributed by atoms with Gasteiger partial charge in [0.25, 0.3) is 5.91 Å². The molecule has 0 aliphatic heterocycles. The maximum Gasteiger partial charge on any atom is 0.254 e. The quantitative estimate of drug-likeness (QED) is 0.637. The molecule has 0 aromatic heterocycles. The van der Waals surface area contributed by atoms with Gasteiger partial charge in [0.2, 0.25) is 0 Å². The third kappa shape index (κ3) is 4.02. The smallest absolute Gasteiger partial charge is 0.254 e. The highest BCUT2D eigenvalue weighted by atomic mass is 16.2. The highest BCUT2D eigenvalue weighted by Crippen LogP contribution is 2.30. The molecule has 2 aromatic carbocycles. The Morgan fingerprint density at radius 3 is 2.12 bits per heavy atom. The normalized spacial score (nSPS) is 11.5. The van der Waals surface area contributed by atoms with Crippen molar-refractivity contribution < 1.29 is 4.79 Å². The van der Waals surface area contributed by atoms with E-state index in [1.807, 2.05) is 42.5 Å². The minimum absolute atomic E-state index is 0.000203. The van der Waals surface area contributed by atoms with Gasteiger partial charge in [-0.05, 0) is 23.6 Å². The SMILES string of the molecule is [CH2]CC(c1ccccc1)c1ccccc1C(=O)N(CC=C)CC=C. The Balaban J connectivity index is 2.44. The Labute approximate surface area is 145 Å². The largest absolute Gasteiger partial charge is 0.331 e. The zero-order chi connectivity index (χ0) is 17.4. The molecular weight excluding hydrogens is 294 g/mol. The minimum Gasteiger partial charge on any atom is -0.331 e. The first-order valence-corrected chi connectivity index (χ1v) is 8.17. The molecule has 0 aliphatic rings. The minimum atomic E-state index is -0.000203. The second-order valence-corrected chi connectivity index (χ2v) is 5.63. The first-order valence-electron chi connectivity index (χ1n) is 8.17. The molecule has 2 rings (SSSR count). The molecule has 0 fully saturated rings. The third-order valence-electron chi connectivity index (χ3n) is 4.04. The maximum atomic E-state index is 13.0. The van der Waals surface area contributed by atoms with Crippen LogP contribution in [0.5, 0.6) is 0 Å². The standard InChI is InChI=1S/C22H24NO/c1-4-16-23(17-5-2)22(24)21-15-11-10-14-20(21)19(6-3)18-12-8-7-9-13-18/h4-5,7-15,19H,1-3,6,16-17H2. The Hall–Kier alpha value is -2.61. The van der Waals surface area contributed by atoms with E-state index in [1.54, 1.807) is 17.1 Å². The van der Waals surface area contributed by atoms with Crippen LogP contribution in [0.4, 0.5) is 0 Å². The Morgan fingerprint density at radius 1 is 0.958 bits per heavy atom. The fourth-order valence-electron chi connectivity index (χ4n) is 2.91. The van der Waals surface area contributed by atoms with Crippen LogP contribution in [0, 0.1) is 6.92 Å². The molecule has 123 valence electrons. The van der Waals surface area contributed by atoms with E-state index in [9.17, 15) is 4.79 Å². The zero-order valence-corrected chi connectivity index (χ0v) is 14.0. The number of benzene rings is 2. The Kier molecular flexibility index (Phi) is 6.56. The summed E-state index contributed by atoms with van der Waals surface area (Å²) >= 11 is 0. The van der Waals surface area contributed by atoms with Crippen molar-refractivity contribution in [3.05, 3.63) is 104 Å². The molecule has 0 saturated heterocycles. The van der Waals surface area contributed by atoms with Gasteiger partial charge in [-0.15, -0.1) is 13.2 Å². The molecule has 0 heterocycles. The molecule has 2 aromatic rings. The van der Waals surface area contributed by atoms with Gasteiger partial charge in [0.05, 0.1) is 0 Å². The van der Waals surface area contributed by atoms with E-state index in [2.05, 4.69) is 32.2 Å². The lowest BCUT2D eigenvalue weighted by molar-refractivity contribution is 0.0789. The molecule has 1 unspecified atom stereocenters. The Bertz CT molecular complexity index is 680. The van der Waals surface area contributed by atoms with Gasteiger partial charge in [0.15, 0.2) is 0 Å². The maximum absolute atomic E-state index is 13.0. The zero-order valence-electron chi connectivity index (χ0n) is 14.0. The molecule has 0 saturated carbocycles. The molecule has 2 heteroatoms. The summed E-state index contributed by atoms with van der Waals surface area (Å²) in [5.41, 5.74) is 2.91. The van der Waals surface area contributed by atoms with Crippen LogP contribution in [-0.2, 0) is 0 Å². The van der Waals surface area contributed by atoms with Crippen molar-refractivity contribution >= 4 is 5.91 Å². The average molecular weight is 318 g/mol. The highest BCUT2D eigenvalue weighted by Gasteiger charge is 2.22. The summed E-state index contributed by atoms with van der Waals surface area (Å²) < 4.78 is 0. The lowest BCUT2D eigenvalue weighted by atomic mass is 9.86. The van der Waals surface area contributed by atoms with E-state index in [1.165, 1.54) is 5.56 Å². The summed E-state index contributed by atoms with van der Waals surface area (Å²) in [5.74, 6) is 0.0976. The molecule has 0 bridgehead atoms. The summed E-state index contributed by atoms with van der Waals surface area (Å²) in [7, 11) is 0. The van der Waals surface area contributed by atoms with Crippen molar-refractivity contribution in [2.24, 2.45) is 0 Å². The van der Waals surface area contributed by atoms with Gasteiger partial charge >= 0.3 is 0 Å². The van der Waals surface area contributed by atoms with Gasteiger partial charge < -0.3 is 4.90 Å². The number of hydrogen-bond acceptors (Lipinski definition) is 1. The van der Waals surface area contributed by atoms with Crippen LogP contribution in [0.1, 0.15) is 33.8 Å². The predicted molar refractivity (Wildman–Crippen MR) is 101 cm³/mol. The van der Waals surface area contributed by atoms with Crippen molar-refractivity contribution in [2.45, 2.75) is 12.3 Å². The fraction of sp³-hybridized carbons (Fsp3) is 0.182. The van der Waals surface area contributed by atoms with Crippen LogP contribution in [0.3, 0.4) is 0 Å². The summed E-state index contributed by atoms with van der Waals surface area (Å²) in [6.07, 6.45) is 4.16. The van der Waals surface area contributed by atoms with Crippen LogP contribution in [0.2, 0.25) is 0 Å². The number of carbonyl (C=O) groups is 1. The number of amides is 1. The number of hydrogen-bond donors (Lipinski definition) is 0. The molecule has 2 nitrogen and oxygen atoms in total. The molecule has 0 aliphatic carbocycles. The lowest BCUT2D eigenvalue weighted by Crippen LogP contribution is -2.32. The van der Waals surface area contributed by atoms with Crippen molar-refractivity contribution in [3.8, 4) is 0 Å². The molecule has 1 radical (unpaired) electrons. The summed E-state index contributed by atoms with van der Waals surface area (Å²) in [6.45, 7) is 12.6. The van der Waals surface area contributed by atoms with Crippen molar-refractivity contribution in [1.82, 2.24) is 4.90 Å². The van der Waals surface area contributed by atoms with E-state index in [0.29, 0.717) is 19.5 Å². The summed E-state index contributed by atoms with van der Waals surface area (Å²) in [5, 5.41) is 0. The molecule has 0 N–H and O–H groups in total. The lowest BCUT2D eigenvalue weighted by Gasteiger charge is -2.24. The van der Waals surface area contributed by atoms with Gasteiger partial charge in [0.1, 0.15) is 0 Å². The Morgan fingerprint density at radius 2 is 1.54 bits per heavy atom. The fourth-order valence-corrected chi connectivity index (χ4v) is 2.91. The van der Waals surface area contributed by atoms with Gasteiger partial charge in [-0.1, -0.05) is 67.6 Å². The number of rotatable bonds is 8. The van der Waals surface area contributed by atoms with Crippen molar-refractivity contribution in [3.63, 3.8) is 0 Å². The molecule has 0 spiro atoms. The average Bonchev–Trinajstić information content (AvgIpc) is 2.63. The van der Waals surface area contributed by atoms with Crippen LogP contribution >= 0.6 is 0 Å². The van der Waals surface area contributed by atoms with Crippen LogP contribution in [0.15, 0.2) is 79.9 Å². The summed E-state index contributed by atoms with van der Waals surface area (Å²) in [4.78, 5) is 14.7. The second-order valence-electron chi connectivity index (χ2n) is 5.63. The molecule has 1 amide bonds. The number of carbonyl (C=O) groups excluding carboxylic acids is 1. The third-order valence-corrected chi connectivity index (χ3v) is 4.04. The molecule has 24 heavy (non-hydrogen) atoms. The summed E-state index contributed by atoms with van der Waals surface area (Å²) in [6, 6.07) is 18.0. The highest BCUT2D eigenvalue weighted by molar-refractivity contribution is 5.96. The van der Waals surface area contributed by atoms with E-state index < -0.39 is 0 Å². The molecule has 1 atom stereocenters. The number of nitrogens with zero attached hydrogens (tertiary/aromatic N) is 1. The predicted octanol–water partition coefficient (Wildman–Crippen LogP) is 4.86. The van der Waals surface area contributed by atoms with Crippen LogP contribution in [0.25, 0.3) is 0 Å². The van der Waals surface area contributed by atoms with Gasteiger partial charge in [-0.25, -0.2) is 0 Å². The van der Waals surface area contributed by atoms with Crippen LogP contribution < -0.4 is 0 Å². The monoisotopic (exact) mass is 318 g/mol. The van der Waals surface area contributed by atoms with Gasteiger partial charge in [-0.3, -0.25) is 4.79 Å². The first kappa shape index (κ1) is 17.7. The topological polar surface area (TPSA) is 20.3 Å². The first-order chi connectivity index (χ1) is 11.7. The van der Waals surface area contributed by atoms with Crippen LogP contribution in [-0.4, -0.2) is 23.9 Å². The van der Waals surface area contributed by atoms with Crippen molar-refractivity contribution in [2.75, 3.05) is 13.1 Å². The van der Waals surface area contributed by atoms with Crippen molar-refractivity contribution in [1.29, 1.82) is 0 Å². The molecular formula is C22H24NO. The van der Waals surface area contributed by atoms with E-state index in [-0.39, 0.29) is 11.8 Å². The van der Waals surface area contributed by atoms with E-state index in [0.717, 1.165) is 11.1 Å². The second kappa shape index (κ2) is 8.88.